The molecule has 0 fully saturated rings. The van der Waals surface area contributed by atoms with Crippen molar-refractivity contribution in [1.29, 1.82) is 0 Å². The van der Waals surface area contributed by atoms with Gasteiger partial charge in [0, 0.05) is 13.2 Å². The molecule has 1 rings (SSSR count). The van der Waals surface area contributed by atoms with Crippen molar-refractivity contribution >= 4 is 5.97 Å². The molecule has 5 heteroatoms. The molecule has 0 saturated carbocycles. The average molecular weight is 174 g/mol. The largest absolute Gasteiger partial charge is 0.463 e. The van der Waals surface area contributed by atoms with Gasteiger partial charge in [-0.3, -0.25) is 0 Å². The minimum atomic E-state index is -0.913. The van der Waals surface area contributed by atoms with Crippen LogP contribution in [0.15, 0.2) is 11.8 Å². The molecular formula is C7H10O5. The van der Waals surface area contributed by atoms with Crippen molar-refractivity contribution in [2.24, 2.45) is 0 Å². The summed E-state index contributed by atoms with van der Waals surface area (Å²) in [5.41, 5.74) is 0. The normalized spacial score (nSPS) is 27.8. The zero-order valence-corrected chi connectivity index (χ0v) is 6.81. The molecule has 1 aliphatic rings. The standard InChI is InChI=1S/C7H10O5/c1-10-6(9)5-3-4(8)7(11-2)12-5/h3-4,7-8H,1-2H3/t4-,7+/m1/s1. The van der Waals surface area contributed by atoms with Crippen LogP contribution in [0.25, 0.3) is 0 Å². The van der Waals surface area contributed by atoms with Crippen molar-refractivity contribution in [2.45, 2.75) is 12.4 Å². The van der Waals surface area contributed by atoms with Gasteiger partial charge in [-0.2, -0.15) is 0 Å². The van der Waals surface area contributed by atoms with Gasteiger partial charge in [-0.1, -0.05) is 0 Å². The number of rotatable bonds is 2. The molecule has 0 bridgehead atoms. The highest BCUT2D eigenvalue weighted by atomic mass is 16.7. The van der Waals surface area contributed by atoms with Gasteiger partial charge in [-0.25, -0.2) is 4.79 Å². The molecule has 0 saturated heterocycles. The molecule has 0 aromatic rings. The van der Waals surface area contributed by atoms with Crippen LogP contribution < -0.4 is 0 Å². The third kappa shape index (κ3) is 1.57. The predicted molar refractivity (Wildman–Crippen MR) is 38.0 cm³/mol. The Bertz CT molecular complexity index is 210. The van der Waals surface area contributed by atoms with Crippen molar-refractivity contribution in [3.8, 4) is 0 Å². The van der Waals surface area contributed by atoms with Gasteiger partial charge in [0.15, 0.2) is 0 Å². The highest BCUT2D eigenvalue weighted by molar-refractivity contribution is 5.86. The highest BCUT2D eigenvalue weighted by Crippen LogP contribution is 2.18. The van der Waals surface area contributed by atoms with Gasteiger partial charge in [0.2, 0.25) is 12.0 Å². The second-order valence-corrected chi connectivity index (χ2v) is 2.24. The fourth-order valence-corrected chi connectivity index (χ4v) is 0.872. The van der Waals surface area contributed by atoms with E-state index in [1.807, 2.05) is 0 Å². The fraction of sp³-hybridized carbons (Fsp3) is 0.571. The Hall–Kier alpha value is -1.07. The van der Waals surface area contributed by atoms with Crippen LogP contribution in [0.1, 0.15) is 0 Å². The van der Waals surface area contributed by atoms with Crippen LogP contribution in [0.5, 0.6) is 0 Å². The van der Waals surface area contributed by atoms with Gasteiger partial charge in [0.05, 0.1) is 7.11 Å². The first-order valence-electron chi connectivity index (χ1n) is 3.36. The van der Waals surface area contributed by atoms with Crippen molar-refractivity contribution in [2.75, 3.05) is 14.2 Å². The Morgan fingerprint density at radius 3 is 2.75 bits per heavy atom. The zero-order chi connectivity index (χ0) is 9.14. The first-order chi connectivity index (χ1) is 5.69. The lowest BCUT2D eigenvalue weighted by molar-refractivity contribution is -0.153. The lowest BCUT2D eigenvalue weighted by Gasteiger charge is -2.12. The van der Waals surface area contributed by atoms with Crippen molar-refractivity contribution in [3.05, 3.63) is 11.8 Å². The molecule has 5 nitrogen and oxygen atoms in total. The molecule has 68 valence electrons. The Balaban J connectivity index is 2.61. The summed E-state index contributed by atoms with van der Waals surface area (Å²) >= 11 is 0. The molecule has 0 spiro atoms. The first-order valence-corrected chi connectivity index (χ1v) is 3.36. The van der Waals surface area contributed by atoms with E-state index < -0.39 is 18.4 Å². The summed E-state index contributed by atoms with van der Waals surface area (Å²) in [6.45, 7) is 0. The number of methoxy groups -OCH3 is 2. The number of esters is 1. The lowest BCUT2D eigenvalue weighted by Crippen LogP contribution is -2.23. The predicted octanol–water partition coefficient (Wildman–Crippen LogP) is -0.593. The topological polar surface area (TPSA) is 65.0 Å². The second-order valence-electron chi connectivity index (χ2n) is 2.24. The van der Waals surface area contributed by atoms with E-state index in [0.717, 1.165) is 0 Å². The monoisotopic (exact) mass is 174 g/mol. The number of hydrogen-bond donors (Lipinski definition) is 1. The second kappa shape index (κ2) is 3.55. The molecule has 0 amide bonds. The van der Waals surface area contributed by atoms with Gasteiger partial charge in [-0.15, -0.1) is 0 Å². The van der Waals surface area contributed by atoms with E-state index in [0.29, 0.717) is 0 Å². The molecule has 12 heavy (non-hydrogen) atoms. The Kier molecular flexibility index (Phi) is 2.67. The summed E-state index contributed by atoms with van der Waals surface area (Å²) < 4.78 is 14.0. The molecule has 0 aromatic heterocycles. The minimum Gasteiger partial charge on any atom is -0.463 e. The fourth-order valence-electron chi connectivity index (χ4n) is 0.872. The van der Waals surface area contributed by atoms with Crippen LogP contribution in [-0.2, 0) is 19.0 Å². The zero-order valence-electron chi connectivity index (χ0n) is 6.81. The van der Waals surface area contributed by atoms with E-state index in [4.69, 9.17) is 14.6 Å². The maximum atomic E-state index is 10.8. The van der Waals surface area contributed by atoms with Crippen LogP contribution in [0.4, 0.5) is 0 Å². The van der Waals surface area contributed by atoms with Crippen LogP contribution in [-0.4, -0.2) is 37.7 Å². The third-order valence-corrected chi connectivity index (χ3v) is 1.46. The van der Waals surface area contributed by atoms with Gasteiger partial charge in [0.1, 0.15) is 6.10 Å². The van der Waals surface area contributed by atoms with E-state index in [-0.39, 0.29) is 5.76 Å². The summed E-state index contributed by atoms with van der Waals surface area (Å²) in [5.74, 6) is -0.634. The number of carbonyl (C=O) groups is 1. The Morgan fingerprint density at radius 1 is 1.67 bits per heavy atom. The van der Waals surface area contributed by atoms with Crippen LogP contribution >= 0.6 is 0 Å². The molecule has 0 aromatic carbocycles. The maximum Gasteiger partial charge on any atom is 0.373 e. The number of aliphatic hydroxyl groups is 1. The lowest BCUT2D eigenvalue weighted by atomic mass is 10.3. The third-order valence-electron chi connectivity index (χ3n) is 1.46. The number of aliphatic hydroxyl groups excluding tert-OH is 1. The molecule has 1 aliphatic heterocycles. The molecule has 0 radical (unpaired) electrons. The van der Waals surface area contributed by atoms with E-state index in [9.17, 15) is 4.79 Å². The molecule has 0 unspecified atom stereocenters. The van der Waals surface area contributed by atoms with Crippen LogP contribution in [0, 0.1) is 0 Å². The summed E-state index contributed by atoms with van der Waals surface area (Å²) in [6, 6.07) is 0. The Morgan fingerprint density at radius 2 is 2.33 bits per heavy atom. The number of ether oxygens (including phenoxy) is 3. The molecule has 1 heterocycles. The molecule has 2 atom stereocenters. The first kappa shape index (κ1) is 9.02. The summed E-state index contributed by atoms with van der Waals surface area (Å²) in [6.07, 6.45) is -0.469. The van der Waals surface area contributed by atoms with Gasteiger partial charge in [-0.05, 0) is 0 Å². The maximum absolute atomic E-state index is 10.8. The van der Waals surface area contributed by atoms with Gasteiger partial charge in [0.25, 0.3) is 0 Å². The van der Waals surface area contributed by atoms with Crippen molar-refractivity contribution < 1.29 is 24.1 Å². The van der Waals surface area contributed by atoms with E-state index in [1.165, 1.54) is 20.3 Å². The summed E-state index contributed by atoms with van der Waals surface area (Å²) in [4.78, 5) is 10.8. The molecular weight excluding hydrogens is 164 g/mol. The molecule has 0 aliphatic carbocycles. The van der Waals surface area contributed by atoms with Crippen LogP contribution in [0.2, 0.25) is 0 Å². The van der Waals surface area contributed by atoms with E-state index in [1.54, 1.807) is 0 Å². The van der Waals surface area contributed by atoms with Gasteiger partial charge < -0.3 is 19.3 Å². The number of carbonyl (C=O) groups excluding carboxylic acids is 1. The van der Waals surface area contributed by atoms with Crippen molar-refractivity contribution in [1.82, 2.24) is 0 Å². The summed E-state index contributed by atoms with van der Waals surface area (Å²) in [5, 5.41) is 9.17. The summed E-state index contributed by atoms with van der Waals surface area (Å²) in [7, 11) is 2.61. The smallest absolute Gasteiger partial charge is 0.373 e. The van der Waals surface area contributed by atoms with Crippen molar-refractivity contribution in [3.63, 3.8) is 0 Å². The Labute approximate surface area is 69.5 Å². The minimum absolute atomic E-state index is 0.0168. The van der Waals surface area contributed by atoms with E-state index in [2.05, 4.69) is 4.74 Å². The quantitative estimate of drug-likeness (QED) is 0.566. The van der Waals surface area contributed by atoms with Gasteiger partial charge >= 0.3 is 5.97 Å². The molecule has 1 N–H and O–H groups in total. The number of hydrogen-bond acceptors (Lipinski definition) is 5. The average Bonchev–Trinajstić information content (AvgIpc) is 2.45. The van der Waals surface area contributed by atoms with E-state index >= 15 is 0 Å². The SMILES string of the molecule is COC(=O)C1=C[C@@H](O)[C@@H](OC)O1. The van der Waals surface area contributed by atoms with Crippen LogP contribution in [0.3, 0.4) is 0 Å². The highest BCUT2D eigenvalue weighted by Gasteiger charge is 2.31.